The van der Waals surface area contributed by atoms with Gasteiger partial charge < -0.3 is 4.90 Å². The van der Waals surface area contributed by atoms with Gasteiger partial charge in [0.2, 0.25) is 0 Å². The molecule has 14 heavy (non-hydrogen) atoms. The molecule has 0 bridgehead atoms. The van der Waals surface area contributed by atoms with Gasteiger partial charge >= 0.3 is 0 Å². The van der Waals surface area contributed by atoms with Crippen LogP contribution in [-0.4, -0.2) is 24.5 Å². The molecule has 1 nitrogen and oxygen atoms in total. The van der Waals surface area contributed by atoms with E-state index in [0.717, 1.165) is 0 Å². The van der Waals surface area contributed by atoms with E-state index in [1.807, 2.05) is 0 Å². The van der Waals surface area contributed by atoms with Gasteiger partial charge in [0.05, 0.1) is 0 Å². The van der Waals surface area contributed by atoms with Crippen molar-refractivity contribution in [2.24, 2.45) is 10.8 Å². The third-order valence-corrected chi connectivity index (χ3v) is 4.55. The van der Waals surface area contributed by atoms with Gasteiger partial charge in [-0.25, -0.2) is 0 Å². The van der Waals surface area contributed by atoms with Crippen LogP contribution in [0.3, 0.4) is 0 Å². The molecule has 0 atom stereocenters. The molecule has 0 radical (unpaired) electrons. The number of rotatable bonds is 3. The normalized spacial score (nSPS) is 26.8. The molecule has 2 aliphatic rings. The summed E-state index contributed by atoms with van der Waals surface area (Å²) in [5.74, 6) is 0. The van der Waals surface area contributed by atoms with Crippen molar-refractivity contribution in [3.63, 3.8) is 0 Å². The number of hydrogen-bond donors (Lipinski definition) is 0. The summed E-state index contributed by atoms with van der Waals surface area (Å²) in [7, 11) is 0. The summed E-state index contributed by atoms with van der Waals surface area (Å²) in [5.41, 5.74) is 1.24. The standard InChI is InChI=1S/C13H25N/c1-12(2,3)13(6-7-13)8-11-14-9-4-5-10-14/h4-11H2,1-3H3. The molecule has 2 fully saturated rings. The monoisotopic (exact) mass is 195 g/mol. The van der Waals surface area contributed by atoms with Gasteiger partial charge in [-0.2, -0.15) is 0 Å². The molecule has 0 aromatic rings. The van der Waals surface area contributed by atoms with Crippen molar-refractivity contribution in [2.45, 2.75) is 52.9 Å². The second-order valence-electron chi connectivity index (χ2n) is 6.33. The predicted molar refractivity (Wildman–Crippen MR) is 61.4 cm³/mol. The Bertz CT molecular complexity index is 192. The summed E-state index contributed by atoms with van der Waals surface area (Å²) < 4.78 is 0. The molecular formula is C13H25N. The van der Waals surface area contributed by atoms with Crippen LogP contribution >= 0.6 is 0 Å². The Labute approximate surface area is 88.9 Å². The van der Waals surface area contributed by atoms with Gasteiger partial charge in [-0.3, -0.25) is 0 Å². The molecule has 0 aromatic carbocycles. The molecule has 0 aromatic heterocycles. The Morgan fingerprint density at radius 1 is 1.07 bits per heavy atom. The molecule has 1 heteroatoms. The van der Waals surface area contributed by atoms with Crippen LogP contribution in [0, 0.1) is 10.8 Å². The fourth-order valence-electron chi connectivity index (χ4n) is 2.90. The molecular weight excluding hydrogens is 170 g/mol. The zero-order valence-electron chi connectivity index (χ0n) is 10.1. The highest BCUT2D eigenvalue weighted by Gasteiger charge is 2.51. The molecule has 82 valence electrons. The summed E-state index contributed by atoms with van der Waals surface area (Å²) in [4.78, 5) is 2.66. The van der Waals surface area contributed by atoms with E-state index in [-0.39, 0.29) is 0 Å². The van der Waals surface area contributed by atoms with E-state index < -0.39 is 0 Å². The van der Waals surface area contributed by atoms with E-state index in [0.29, 0.717) is 10.8 Å². The van der Waals surface area contributed by atoms with E-state index in [2.05, 4.69) is 25.7 Å². The maximum atomic E-state index is 2.66. The first-order chi connectivity index (χ1) is 6.54. The zero-order valence-corrected chi connectivity index (χ0v) is 10.1. The summed E-state index contributed by atoms with van der Waals surface area (Å²) in [6, 6.07) is 0. The van der Waals surface area contributed by atoms with Gasteiger partial charge in [0.1, 0.15) is 0 Å². The highest BCUT2D eigenvalue weighted by Crippen LogP contribution is 2.60. The molecule has 0 N–H and O–H groups in total. The minimum absolute atomic E-state index is 0.534. The van der Waals surface area contributed by atoms with E-state index in [9.17, 15) is 0 Å². The first-order valence-electron chi connectivity index (χ1n) is 6.26. The molecule has 0 amide bonds. The molecule has 1 saturated carbocycles. The Balaban J connectivity index is 1.80. The lowest BCUT2D eigenvalue weighted by molar-refractivity contribution is 0.173. The molecule has 2 rings (SSSR count). The molecule has 1 aliphatic heterocycles. The minimum atomic E-state index is 0.534. The Morgan fingerprint density at radius 3 is 2.07 bits per heavy atom. The van der Waals surface area contributed by atoms with Gasteiger partial charge in [0.15, 0.2) is 0 Å². The van der Waals surface area contributed by atoms with Crippen molar-refractivity contribution >= 4 is 0 Å². The van der Waals surface area contributed by atoms with Crippen molar-refractivity contribution in [1.29, 1.82) is 0 Å². The van der Waals surface area contributed by atoms with Crippen molar-refractivity contribution in [1.82, 2.24) is 4.90 Å². The molecule has 1 heterocycles. The third kappa shape index (κ3) is 1.98. The number of likely N-dealkylation sites (tertiary alicyclic amines) is 1. The van der Waals surface area contributed by atoms with Crippen molar-refractivity contribution in [3.8, 4) is 0 Å². The summed E-state index contributed by atoms with van der Waals surface area (Å²) >= 11 is 0. The van der Waals surface area contributed by atoms with Gasteiger partial charge in [-0.15, -0.1) is 0 Å². The highest BCUT2D eigenvalue weighted by molar-refractivity contribution is 5.01. The summed E-state index contributed by atoms with van der Waals surface area (Å²) in [6.45, 7) is 11.3. The van der Waals surface area contributed by atoms with Gasteiger partial charge in [0, 0.05) is 0 Å². The Hall–Kier alpha value is -0.0400. The van der Waals surface area contributed by atoms with Crippen LogP contribution in [0.4, 0.5) is 0 Å². The van der Waals surface area contributed by atoms with Crippen LogP contribution in [0.2, 0.25) is 0 Å². The second-order valence-corrected chi connectivity index (χ2v) is 6.33. The van der Waals surface area contributed by atoms with Gasteiger partial charge in [-0.05, 0) is 62.6 Å². The zero-order chi connectivity index (χ0) is 10.2. The van der Waals surface area contributed by atoms with Crippen LogP contribution in [0.25, 0.3) is 0 Å². The number of hydrogen-bond acceptors (Lipinski definition) is 1. The summed E-state index contributed by atoms with van der Waals surface area (Å²) in [5, 5.41) is 0. The van der Waals surface area contributed by atoms with E-state index in [1.54, 1.807) is 0 Å². The molecule has 0 spiro atoms. The van der Waals surface area contributed by atoms with Crippen molar-refractivity contribution in [2.75, 3.05) is 19.6 Å². The highest BCUT2D eigenvalue weighted by atomic mass is 15.1. The SMILES string of the molecule is CC(C)(C)C1(CCN2CCCC2)CC1. The maximum absolute atomic E-state index is 2.66. The van der Waals surface area contributed by atoms with Crippen LogP contribution in [0.5, 0.6) is 0 Å². The maximum Gasteiger partial charge on any atom is -0.00132 e. The van der Waals surface area contributed by atoms with Crippen molar-refractivity contribution in [3.05, 3.63) is 0 Å². The molecule has 1 aliphatic carbocycles. The smallest absolute Gasteiger partial charge is 0.00132 e. The van der Waals surface area contributed by atoms with Crippen LogP contribution in [0.15, 0.2) is 0 Å². The molecule has 0 unspecified atom stereocenters. The average molecular weight is 195 g/mol. The second kappa shape index (κ2) is 3.52. The fourth-order valence-corrected chi connectivity index (χ4v) is 2.90. The average Bonchev–Trinajstić information content (AvgIpc) is 2.72. The lowest BCUT2D eigenvalue weighted by Crippen LogP contribution is -2.29. The topological polar surface area (TPSA) is 3.24 Å². The van der Waals surface area contributed by atoms with E-state index in [1.165, 1.54) is 51.7 Å². The fraction of sp³-hybridized carbons (Fsp3) is 1.00. The third-order valence-electron chi connectivity index (χ3n) is 4.55. The van der Waals surface area contributed by atoms with Crippen molar-refractivity contribution < 1.29 is 0 Å². The van der Waals surface area contributed by atoms with Crippen LogP contribution in [0.1, 0.15) is 52.9 Å². The Kier molecular flexibility index (Phi) is 2.63. The van der Waals surface area contributed by atoms with Gasteiger partial charge in [0.25, 0.3) is 0 Å². The van der Waals surface area contributed by atoms with E-state index in [4.69, 9.17) is 0 Å². The number of nitrogens with zero attached hydrogens (tertiary/aromatic N) is 1. The predicted octanol–water partition coefficient (Wildman–Crippen LogP) is 3.30. The quantitative estimate of drug-likeness (QED) is 0.668. The molecule has 1 saturated heterocycles. The Morgan fingerprint density at radius 2 is 1.64 bits per heavy atom. The van der Waals surface area contributed by atoms with Gasteiger partial charge in [-0.1, -0.05) is 20.8 Å². The van der Waals surface area contributed by atoms with Crippen LogP contribution in [-0.2, 0) is 0 Å². The lowest BCUT2D eigenvalue weighted by Gasteiger charge is -2.32. The largest absolute Gasteiger partial charge is 0.303 e. The van der Waals surface area contributed by atoms with E-state index >= 15 is 0 Å². The lowest BCUT2D eigenvalue weighted by atomic mass is 9.75. The first kappa shape index (κ1) is 10.5. The van der Waals surface area contributed by atoms with Crippen LogP contribution < -0.4 is 0 Å². The summed E-state index contributed by atoms with van der Waals surface area (Å²) in [6.07, 6.45) is 7.26. The minimum Gasteiger partial charge on any atom is -0.303 e. The first-order valence-corrected chi connectivity index (χ1v) is 6.26.